The molecule has 0 aliphatic carbocycles. The second kappa shape index (κ2) is 19.9. The molecule has 52 heavy (non-hydrogen) atoms. The molecular weight excluding hydrogens is 690 g/mol. The molecule has 1 saturated heterocycles. The first-order chi connectivity index (χ1) is 24.7. The van der Waals surface area contributed by atoms with Crippen molar-refractivity contribution >= 4 is 35.7 Å². The fourth-order valence-corrected chi connectivity index (χ4v) is 4.97. The zero-order valence-corrected chi connectivity index (χ0v) is 29.7. The minimum atomic E-state index is -1.82. The summed E-state index contributed by atoms with van der Waals surface area (Å²) in [6.45, 7) is 3.82. The van der Waals surface area contributed by atoms with Gasteiger partial charge in [-0.3, -0.25) is 29.4 Å². The molecule has 1 aliphatic heterocycles. The number of hydrogen-bond donors (Lipinski definition) is 0. The lowest BCUT2D eigenvalue weighted by Crippen LogP contribution is -2.64. The summed E-state index contributed by atoms with van der Waals surface area (Å²) in [6, 6.07) is 13.3. The Morgan fingerprint density at radius 2 is 1.48 bits per heavy atom. The molecule has 0 bridgehead atoms. The number of rotatable bonds is 17. The molecule has 0 unspecified atom stereocenters. The maximum atomic E-state index is 13.1. The van der Waals surface area contributed by atoms with Gasteiger partial charge in [-0.15, -0.1) is 0 Å². The lowest BCUT2D eigenvalue weighted by Gasteiger charge is -2.42. The Hall–Kier alpha value is -5.33. The number of benzene rings is 2. The molecule has 1 amide bonds. The molecule has 1 fully saturated rings. The van der Waals surface area contributed by atoms with E-state index in [1.807, 2.05) is 49.3 Å². The first-order valence-electron chi connectivity index (χ1n) is 16.1. The molecule has 18 heteroatoms. The van der Waals surface area contributed by atoms with Crippen LogP contribution in [0.1, 0.15) is 31.9 Å². The molecule has 0 saturated carbocycles. The van der Waals surface area contributed by atoms with E-state index >= 15 is 0 Å². The van der Waals surface area contributed by atoms with E-state index in [1.54, 1.807) is 0 Å². The number of nitro groups is 1. The number of amides is 1. The highest BCUT2D eigenvalue weighted by molar-refractivity contribution is 5.77. The van der Waals surface area contributed by atoms with Crippen LogP contribution >= 0.6 is 0 Å². The Morgan fingerprint density at radius 3 is 2.08 bits per heavy atom. The Kier molecular flexibility index (Phi) is 15.7. The van der Waals surface area contributed by atoms with E-state index in [2.05, 4.69) is 0 Å². The van der Waals surface area contributed by atoms with Crippen molar-refractivity contribution in [2.75, 3.05) is 47.6 Å². The van der Waals surface area contributed by atoms with Crippen molar-refractivity contribution in [3.8, 4) is 5.75 Å². The fourth-order valence-electron chi connectivity index (χ4n) is 4.97. The molecule has 3 rings (SSSR count). The molecule has 0 N–H and O–H groups in total. The smallest absolute Gasteiger partial charge is 0.411 e. The lowest BCUT2D eigenvalue weighted by atomic mass is 9.97. The summed E-state index contributed by atoms with van der Waals surface area (Å²) in [4.78, 5) is 76.5. The van der Waals surface area contributed by atoms with Gasteiger partial charge in [-0.25, -0.2) is 9.59 Å². The summed E-state index contributed by atoms with van der Waals surface area (Å²) < 4.78 is 43.3. The molecule has 2 aromatic rings. The van der Waals surface area contributed by atoms with Crippen molar-refractivity contribution in [3.63, 3.8) is 0 Å². The molecule has 2 aromatic carbocycles. The fraction of sp³-hybridized carbons (Fsp3) is 0.500. The van der Waals surface area contributed by atoms with Crippen LogP contribution in [0.25, 0.3) is 0 Å². The van der Waals surface area contributed by atoms with Gasteiger partial charge in [0.25, 0.3) is 0 Å². The van der Waals surface area contributed by atoms with E-state index in [4.69, 9.17) is 37.9 Å². The van der Waals surface area contributed by atoms with Crippen LogP contribution < -0.4 is 4.74 Å². The minimum absolute atomic E-state index is 0.0451. The standard InChI is InChI=1S/C34H43N3O15/c1-21(38)48-28-29(49-22(2)39)31(50-23(3)40)33(52-30(28)32(41)45-6)51-27-13-12-25(18-26(27)37(43)44)19-47-34(42)36(16-15-35(4)5)20-46-17-14-24-10-8-7-9-11-24/h7-13,18,28-31,33H,14-17,19-20H2,1-6H3/t28-,29-,30-,31+,33+/m0/s1. The second-order valence-electron chi connectivity index (χ2n) is 11.7. The highest BCUT2D eigenvalue weighted by Crippen LogP contribution is 2.35. The summed E-state index contributed by atoms with van der Waals surface area (Å²) >= 11 is 0. The van der Waals surface area contributed by atoms with E-state index in [1.165, 1.54) is 17.0 Å². The predicted molar refractivity (Wildman–Crippen MR) is 177 cm³/mol. The number of carbonyl (C=O) groups is 5. The zero-order valence-electron chi connectivity index (χ0n) is 29.7. The molecule has 284 valence electrons. The van der Waals surface area contributed by atoms with E-state index in [0.29, 0.717) is 19.6 Å². The first-order valence-corrected chi connectivity index (χ1v) is 16.1. The number of methoxy groups -OCH3 is 1. The number of nitrogens with zero attached hydrogens (tertiary/aromatic N) is 3. The number of hydrogen-bond acceptors (Lipinski definition) is 16. The van der Waals surface area contributed by atoms with Gasteiger partial charge in [0.1, 0.15) is 13.3 Å². The summed E-state index contributed by atoms with van der Waals surface area (Å²) in [5.74, 6) is -4.22. The molecule has 18 nitrogen and oxygen atoms in total. The molecular formula is C34H43N3O15. The topological polar surface area (TPSA) is 209 Å². The zero-order chi connectivity index (χ0) is 38.4. The van der Waals surface area contributed by atoms with Gasteiger partial charge >= 0.3 is 35.7 Å². The van der Waals surface area contributed by atoms with Crippen LogP contribution in [0.5, 0.6) is 5.75 Å². The maximum Gasteiger partial charge on any atom is 0.411 e. The van der Waals surface area contributed by atoms with Gasteiger partial charge in [-0.05, 0) is 37.7 Å². The number of likely N-dealkylation sites (N-methyl/N-ethyl adjacent to an activating group) is 1. The van der Waals surface area contributed by atoms with Crippen LogP contribution in [0.4, 0.5) is 10.5 Å². The van der Waals surface area contributed by atoms with Crippen molar-refractivity contribution in [1.82, 2.24) is 9.80 Å². The number of ether oxygens (including phenoxy) is 8. The highest BCUT2D eigenvalue weighted by Gasteiger charge is 2.56. The predicted octanol–water partition coefficient (Wildman–Crippen LogP) is 2.38. The molecule has 1 aliphatic rings. The Balaban J connectivity index is 1.81. The highest BCUT2D eigenvalue weighted by atomic mass is 16.7. The van der Waals surface area contributed by atoms with Gasteiger partial charge in [0, 0.05) is 39.9 Å². The Morgan fingerprint density at radius 1 is 0.846 bits per heavy atom. The largest absolute Gasteiger partial charge is 0.467 e. The van der Waals surface area contributed by atoms with Crippen LogP contribution in [0.2, 0.25) is 0 Å². The third kappa shape index (κ3) is 12.5. The van der Waals surface area contributed by atoms with Gasteiger partial charge < -0.3 is 42.8 Å². The third-order valence-electron chi connectivity index (χ3n) is 7.36. The van der Waals surface area contributed by atoms with Crippen LogP contribution in [0.3, 0.4) is 0 Å². The van der Waals surface area contributed by atoms with E-state index in [-0.39, 0.29) is 25.4 Å². The summed E-state index contributed by atoms with van der Waals surface area (Å²) in [6.07, 6.45) is -8.67. The first kappa shape index (κ1) is 41.1. The monoisotopic (exact) mass is 733 g/mol. The number of esters is 4. The number of nitro benzene ring substituents is 1. The number of carbonyl (C=O) groups excluding carboxylic acids is 5. The van der Waals surface area contributed by atoms with E-state index < -0.39 is 77.0 Å². The molecule has 0 aromatic heterocycles. The maximum absolute atomic E-state index is 13.1. The van der Waals surface area contributed by atoms with Gasteiger partial charge in [-0.1, -0.05) is 36.4 Å². The average molecular weight is 734 g/mol. The SMILES string of the molecule is COC(=O)[C@H]1O[C@@H](Oc2ccc(COC(=O)N(CCN(C)C)COCCc3ccccc3)cc2[N+](=O)[O-])[C@H](OC(C)=O)[C@@H](OC(C)=O)[C@@H]1OC(C)=O. The van der Waals surface area contributed by atoms with E-state index in [9.17, 15) is 34.1 Å². The molecule has 5 atom stereocenters. The molecule has 0 spiro atoms. The molecule has 1 heterocycles. The van der Waals surface area contributed by atoms with Crippen molar-refractivity contribution in [1.29, 1.82) is 0 Å². The summed E-state index contributed by atoms with van der Waals surface area (Å²) in [7, 11) is 4.71. The summed E-state index contributed by atoms with van der Waals surface area (Å²) in [5, 5.41) is 12.2. The normalized spacial score (nSPS) is 19.6. The van der Waals surface area contributed by atoms with Crippen molar-refractivity contribution < 1.29 is 66.8 Å². The minimum Gasteiger partial charge on any atom is -0.467 e. The molecule has 0 radical (unpaired) electrons. The second-order valence-corrected chi connectivity index (χ2v) is 11.7. The lowest BCUT2D eigenvalue weighted by molar-refractivity contribution is -0.387. The van der Waals surface area contributed by atoms with Crippen LogP contribution in [-0.4, -0.2) is 123 Å². The van der Waals surface area contributed by atoms with Crippen LogP contribution in [0, 0.1) is 10.1 Å². The average Bonchev–Trinajstić information content (AvgIpc) is 3.08. The van der Waals surface area contributed by atoms with Gasteiger partial charge in [0.2, 0.25) is 12.4 Å². The van der Waals surface area contributed by atoms with Gasteiger partial charge in [0.15, 0.2) is 24.1 Å². The van der Waals surface area contributed by atoms with Crippen LogP contribution in [-0.2, 0) is 65.4 Å². The Labute approximate surface area is 299 Å². The summed E-state index contributed by atoms with van der Waals surface area (Å²) in [5.41, 5.74) is 0.675. The van der Waals surface area contributed by atoms with Gasteiger partial charge in [0.05, 0.1) is 18.6 Å². The van der Waals surface area contributed by atoms with Crippen molar-refractivity contribution in [2.45, 2.75) is 64.5 Å². The quantitative estimate of drug-likeness (QED) is 0.0571. The Bertz CT molecular complexity index is 1550. The van der Waals surface area contributed by atoms with Crippen molar-refractivity contribution in [3.05, 3.63) is 69.8 Å². The third-order valence-corrected chi connectivity index (χ3v) is 7.36. The van der Waals surface area contributed by atoms with Crippen molar-refractivity contribution in [2.24, 2.45) is 0 Å². The van der Waals surface area contributed by atoms with Gasteiger partial charge in [-0.2, -0.15) is 0 Å². The van der Waals surface area contributed by atoms with E-state index in [0.717, 1.165) is 39.5 Å². The van der Waals surface area contributed by atoms with Crippen LogP contribution in [0.15, 0.2) is 48.5 Å².